The van der Waals surface area contributed by atoms with Gasteiger partial charge in [-0.05, 0) is 50.5 Å². The summed E-state index contributed by atoms with van der Waals surface area (Å²) in [7, 11) is 0. The number of hydrogen-bond donors (Lipinski definition) is 3. The van der Waals surface area contributed by atoms with E-state index in [1.165, 1.54) is 4.90 Å². The zero-order valence-electron chi connectivity index (χ0n) is 16.8. The van der Waals surface area contributed by atoms with Crippen LogP contribution in [0.1, 0.15) is 51.0 Å². The van der Waals surface area contributed by atoms with Crippen molar-refractivity contribution in [3.8, 4) is 0 Å². The van der Waals surface area contributed by atoms with Crippen LogP contribution in [0.4, 0.5) is 0 Å². The second-order valence-electron chi connectivity index (χ2n) is 8.25. The summed E-state index contributed by atoms with van der Waals surface area (Å²) < 4.78 is 0. The molecule has 158 valence electrons. The third-order valence-electron chi connectivity index (χ3n) is 6.31. The molecule has 1 saturated carbocycles. The molecule has 0 aromatic heterocycles. The molecule has 1 aromatic rings. The minimum absolute atomic E-state index is 0.0470. The van der Waals surface area contributed by atoms with Gasteiger partial charge < -0.3 is 15.1 Å². The average molecular weight is 402 g/mol. The molecule has 1 amide bonds. The Morgan fingerprint density at radius 1 is 1.14 bits per heavy atom. The van der Waals surface area contributed by atoms with E-state index in [1.54, 1.807) is 6.92 Å². The quantitative estimate of drug-likeness (QED) is 0.616. The molecule has 1 saturated heterocycles. The number of nitrogens with zero attached hydrogens (tertiary/aromatic N) is 1. The lowest BCUT2D eigenvalue weighted by atomic mass is 9.84. The van der Waals surface area contributed by atoms with Crippen LogP contribution in [0.15, 0.2) is 30.3 Å². The van der Waals surface area contributed by atoms with Gasteiger partial charge in [-0.2, -0.15) is 0 Å². The Morgan fingerprint density at radius 2 is 1.83 bits per heavy atom. The van der Waals surface area contributed by atoms with Crippen molar-refractivity contribution in [2.75, 3.05) is 0 Å². The lowest BCUT2D eigenvalue weighted by molar-refractivity contribution is -0.151. The SMILES string of the molecule is C[C@H](N[C@@H](CCc1ccccc1)C(=O)O)C(=O)N1[C@@H](C(=O)O)C[C@@H]2CCCC[C@@H]21. The second-order valence-corrected chi connectivity index (χ2v) is 8.25. The lowest BCUT2D eigenvalue weighted by Crippen LogP contribution is -2.55. The van der Waals surface area contributed by atoms with Gasteiger partial charge in [0.05, 0.1) is 6.04 Å². The number of benzene rings is 1. The predicted molar refractivity (Wildman–Crippen MR) is 107 cm³/mol. The number of carboxylic acids is 2. The van der Waals surface area contributed by atoms with Gasteiger partial charge in [0.1, 0.15) is 12.1 Å². The first-order valence-corrected chi connectivity index (χ1v) is 10.5. The lowest BCUT2D eigenvalue weighted by Gasteiger charge is -2.35. The number of nitrogens with one attached hydrogen (secondary N) is 1. The van der Waals surface area contributed by atoms with Crippen molar-refractivity contribution >= 4 is 17.8 Å². The molecule has 5 atom stereocenters. The normalized spacial score (nSPS) is 25.8. The number of carbonyl (C=O) groups is 3. The van der Waals surface area contributed by atoms with Gasteiger partial charge >= 0.3 is 11.9 Å². The number of aliphatic carboxylic acids is 2. The number of aryl methyl sites for hydroxylation is 1. The molecule has 1 aromatic carbocycles. The Balaban J connectivity index is 1.66. The van der Waals surface area contributed by atoms with Crippen LogP contribution < -0.4 is 5.32 Å². The summed E-state index contributed by atoms with van der Waals surface area (Å²) in [6, 6.07) is 7.12. The highest BCUT2D eigenvalue weighted by molar-refractivity contribution is 5.88. The standard InChI is InChI=1S/C22H30N2O5/c1-14(23-17(21(26)27)12-11-15-7-3-2-4-8-15)20(25)24-18-10-6-5-9-16(18)13-19(24)22(28)29/h2-4,7-8,14,16-19,23H,5-6,9-13H2,1H3,(H,26,27)(H,28,29)/t14-,16-,17-,18-,19+/m0/s1. The average Bonchev–Trinajstić information content (AvgIpc) is 3.10. The number of carbonyl (C=O) groups excluding carboxylic acids is 1. The fraction of sp³-hybridized carbons (Fsp3) is 0.591. The van der Waals surface area contributed by atoms with Crippen molar-refractivity contribution in [1.82, 2.24) is 10.2 Å². The molecular weight excluding hydrogens is 372 g/mol. The van der Waals surface area contributed by atoms with Crippen molar-refractivity contribution < 1.29 is 24.6 Å². The molecule has 1 aliphatic heterocycles. The van der Waals surface area contributed by atoms with Gasteiger partial charge in [-0.3, -0.25) is 14.9 Å². The van der Waals surface area contributed by atoms with Gasteiger partial charge in [0.25, 0.3) is 0 Å². The third kappa shape index (κ3) is 4.96. The highest BCUT2D eigenvalue weighted by Crippen LogP contribution is 2.40. The van der Waals surface area contributed by atoms with Gasteiger partial charge in [0.2, 0.25) is 5.91 Å². The maximum Gasteiger partial charge on any atom is 0.326 e. The van der Waals surface area contributed by atoms with Crippen LogP contribution in [0.3, 0.4) is 0 Å². The Kier molecular flexibility index (Phi) is 6.90. The van der Waals surface area contributed by atoms with E-state index in [4.69, 9.17) is 0 Å². The van der Waals surface area contributed by atoms with Gasteiger partial charge in [-0.15, -0.1) is 0 Å². The zero-order chi connectivity index (χ0) is 21.0. The summed E-state index contributed by atoms with van der Waals surface area (Å²) in [6.07, 6.45) is 5.27. The summed E-state index contributed by atoms with van der Waals surface area (Å²) in [5, 5.41) is 22.2. The molecule has 29 heavy (non-hydrogen) atoms. The molecule has 3 N–H and O–H groups in total. The minimum atomic E-state index is -1.01. The molecule has 2 fully saturated rings. The third-order valence-corrected chi connectivity index (χ3v) is 6.31. The van der Waals surface area contributed by atoms with Crippen LogP contribution in [0, 0.1) is 5.92 Å². The van der Waals surface area contributed by atoms with Crippen molar-refractivity contribution in [3.05, 3.63) is 35.9 Å². The number of carboxylic acid groups (broad SMARTS) is 2. The van der Waals surface area contributed by atoms with E-state index in [-0.39, 0.29) is 17.9 Å². The Hall–Kier alpha value is -2.41. The Bertz CT molecular complexity index is 738. The van der Waals surface area contributed by atoms with Crippen LogP contribution >= 0.6 is 0 Å². The van der Waals surface area contributed by atoms with Crippen LogP contribution in [-0.2, 0) is 20.8 Å². The van der Waals surface area contributed by atoms with E-state index < -0.39 is 30.1 Å². The summed E-state index contributed by atoms with van der Waals surface area (Å²) in [5.74, 6) is -2.06. The van der Waals surface area contributed by atoms with Crippen molar-refractivity contribution in [1.29, 1.82) is 0 Å². The summed E-state index contributed by atoms with van der Waals surface area (Å²) in [6.45, 7) is 1.63. The van der Waals surface area contributed by atoms with Crippen LogP contribution in [0.2, 0.25) is 0 Å². The molecule has 3 rings (SSSR count). The zero-order valence-corrected chi connectivity index (χ0v) is 16.8. The van der Waals surface area contributed by atoms with Gasteiger partial charge in [-0.1, -0.05) is 43.2 Å². The van der Waals surface area contributed by atoms with Crippen LogP contribution in [-0.4, -0.2) is 57.1 Å². The van der Waals surface area contributed by atoms with Crippen LogP contribution in [0.25, 0.3) is 0 Å². The monoisotopic (exact) mass is 402 g/mol. The largest absolute Gasteiger partial charge is 0.480 e. The fourth-order valence-electron chi connectivity index (χ4n) is 4.83. The first kappa shape index (κ1) is 21.3. The number of hydrogen-bond acceptors (Lipinski definition) is 4. The molecule has 0 spiro atoms. The van der Waals surface area contributed by atoms with Crippen molar-refractivity contribution in [2.24, 2.45) is 5.92 Å². The van der Waals surface area contributed by atoms with E-state index >= 15 is 0 Å². The van der Waals surface area contributed by atoms with Gasteiger partial charge in [0, 0.05) is 6.04 Å². The molecule has 1 heterocycles. The van der Waals surface area contributed by atoms with E-state index in [0.29, 0.717) is 19.3 Å². The number of rotatable bonds is 8. The van der Waals surface area contributed by atoms with E-state index in [0.717, 1.165) is 31.2 Å². The second kappa shape index (κ2) is 9.39. The van der Waals surface area contributed by atoms with Crippen LogP contribution in [0.5, 0.6) is 0 Å². The van der Waals surface area contributed by atoms with E-state index in [2.05, 4.69) is 5.32 Å². The Labute approximate surface area is 171 Å². The maximum atomic E-state index is 13.2. The Morgan fingerprint density at radius 3 is 2.48 bits per heavy atom. The van der Waals surface area contributed by atoms with Crippen molar-refractivity contribution in [2.45, 2.75) is 76.0 Å². The smallest absolute Gasteiger partial charge is 0.326 e. The van der Waals surface area contributed by atoms with E-state index in [9.17, 15) is 24.6 Å². The molecule has 7 nitrogen and oxygen atoms in total. The molecule has 2 aliphatic rings. The molecular formula is C22H30N2O5. The summed E-state index contributed by atoms with van der Waals surface area (Å²) in [5.41, 5.74) is 1.04. The molecule has 0 unspecified atom stereocenters. The number of fused-ring (bicyclic) bond motifs is 1. The predicted octanol–water partition coefficient (Wildman–Crippen LogP) is 2.29. The molecule has 1 aliphatic carbocycles. The fourth-order valence-corrected chi connectivity index (χ4v) is 4.83. The highest BCUT2D eigenvalue weighted by atomic mass is 16.4. The topological polar surface area (TPSA) is 107 Å². The first-order valence-electron chi connectivity index (χ1n) is 10.5. The first-order chi connectivity index (χ1) is 13.9. The molecule has 7 heteroatoms. The molecule has 0 bridgehead atoms. The maximum absolute atomic E-state index is 13.2. The number of amides is 1. The number of likely N-dealkylation sites (tertiary alicyclic amines) is 1. The van der Waals surface area contributed by atoms with Crippen molar-refractivity contribution in [3.63, 3.8) is 0 Å². The molecule has 0 radical (unpaired) electrons. The highest BCUT2D eigenvalue weighted by Gasteiger charge is 2.48. The van der Waals surface area contributed by atoms with Gasteiger partial charge in [-0.25, -0.2) is 4.79 Å². The minimum Gasteiger partial charge on any atom is -0.480 e. The summed E-state index contributed by atoms with van der Waals surface area (Å²) >= 11 is 0. The summed E-state index contributed by atoms with van der Waals surface area (Å²) in [4.78, 5) is 38.2. The van der Waals surface area contributed by atoms with Gasteiger partial charge in [0.15, 0.2) is 0 Å². The van der Waals surface area contributed by atoms with E-state index in [1.807, 2.05) is 30.3 Å².